The Morgan fingerprint density at radius 2 is 1.00 bits per heavy atom. The van der Waals surface area contributed by atoms with Gasteiger partial charge in [0, 0.05) is 42.6 Å². The number of hydrogen-bond donors (Lipinski definition) is 0. The minimum absolute atomic E-state index is 0. The zero-order valence-corrected chi connectivity index (χ0v) is 14.4. The van der Waals surface area contributed by atoms with Gasteiger partial charge in [0.05, 0.1) is 19.8 Å². The number of ether oxygens (including phenoxy) is 3. The summed E-state index contributed by atoms with van der Waals surface area (Å²) in [5, 5.41) is 0. The van der Waals surface area contributed by atoms with Crippen LogP contribution < -0.4 is 29.6 Å². The van der Waals surface area contributed by atoms with Crippen molar-refractivity contribution in [1.29, 1.82) is 0 Å². The monoisotopic (exact) mass is 278 g/mol. The second-order valence-corrected chi connectivity index (χ2v) is 4.46. The molecule has 100 valence electrons. The molecule has 0 saturated heterocycles. The van der Waals surface area contributed by atoms with Crippen LogP contribution in [0.5, 0.6) is 0 Å². The molecule has 0 aliphatic heterocycles. The Kier molecular flexibility index (Phi) is 21.0. The van der Waals surface area contributed by atoms with Crippen molar-refractivity contribution in [2.75, 3.05) is 61.0 Å². The fourth-order valence-corrected chi connectivity index (χ4v) is 1.98. The van der Waals surface area contributed by atoms with Crippen LogP contribution in [0.1, 0.15) is 2.85 Å². The van der Waals surface area contributed by atoms with Gasteiger partial charge in [-0.1, -0.05) is 0 Å². The normalized spacial score (nSPS) is 10.1. The summed E-state index contributed by atoms with van der Waals surface area (Å²) in [6.07, 6.45) is 0. The van der Waals surface area contributed by atoms with Crippen LogP contribution in [-0.4, -0.2) is 76.1 Å². The molecular formula is C9H24AlNaO6. The molecule has 0 atom stereocenters. The van der Waals surface area contributed by atoms with Crippen LogP contribution in [-0.2, 0) is 25.6 Å². The molecular weight excluding hydrogens is 254 g/mol. The maximum atomic E-state index is 5.43. The van der Waals surface area contributed by atoms with Gasteiger partial charge in [0.1, 0.15) is 0 Å². The zero-order valence-electron chi connectivity index (χ0n) is 12.3. The average Bonchev–Trinajstić information content (AvgIpc) is 2.29. The summed E-state index contributed by atoms with van der Waals surface area (Å²) in [6.45, 7) is 3.04. The van der Waals surface area contributed by atoms with Crippen LogP contribution in [0.2, 0.25) is 0 Å². The molecule has 0 spiro atoms. The van der Waals surface area contributed by atoms with Crippen molar-refractivity contribution in [2.45, 2.75) is 0 Å². The molecule has 0 N–H and O–H groups in total. The topological polar surface area (TPSA) is 55.4 Å². The van der Waals surface area contributed by atoms with E-state index in [-0.39, 0.29) is 32.4 Å². The molecule has 6 nitrogen and oxygen atoms in total. The van der Waals surface area contributed by atoms with Crippen molar-refractivity contribution in [3.63, 3.8) is 0 Å². The maximum Gasteiger partial charge on any atom is 1.00 e. The molecule has 0 aromatic carbocycles. The molecule has 0 rings (SSSR count). The first-order valence-corrected chi connectivity index (χ1v) is 6.58. The Hall–Kier alpha value is 1.29. The fraction of sp³-hybridized carbons (Fsp3) is 1.00. The number of hydrogen-bond acceptors (Lipinski definition) is 6. The summed E-state index contributed by atoms with van der Waals surface area (Å²) in [5.41, 5.74) is 0. The quantitative estimate of drug-likeness (QED) is 0.286. The third-order valence-electron chi connectivity index (χ3n) is 1.62. The Morgan fingerprint density at radius 1 is 0.706 bits per heavy atom. The van der Waals surface area contributed by atoms with E-state index in [1.165, 1.54) is 0 Å². The van der Waals surface area contributed by atoms with Gasteiger partial charge in [0.15, 0.2) is 0 Å². The average molecular weight is 278 g/mol. The van der Waals surface area contributed by atoms with Crippen LogP contribution in [0.3, 0.4) is 0 Å². The summed E-state index contributed by atoms with van der Waals surface area (Å²) in [7, 11) is 4.87. The molecule has 0 aliphatic carbocycles. The molecule has 8 heteroatoms. The Morgan fingerprint density at radius 3 is 1.24 bits per heavy atom. The third-order valence-corrected chi connectivity index (χ3v) is 3.15. The van der Waals surface area contributed by atoms with Gasteiger partial charge < -0.3 is 27.0 Å². The first kappa shape index (κ1) is 20.6. The minimum Gasteiger partial charge on any atom is -1.00 e. The van der Waals surface area contributed by atoms with E-state index in [1.54, 1.807) is 21.3 Å². The molecule has 17 heavy (non-hydrogen) atoms. The molecule has 0 fully saturated rings. The fourth-order valence-electron chi connectivity index (χ4n) is 0.827. The molecule has 0 radical (unpaired) electrons. The second-order valence-electron chi connectivity index (χ2n) is 2.88. The van der Waals surface area contributed by atoms with Gasteiger partial charge in [0.25, 0.3) is 0 Å². The van der Waals surface area contributed by atoms with Gasteiger partial charge >= 0.3 is 44.7 Å². The van der Waals surface area contributed by atoms with Gasteiger partial charge in [-0.3, -0.25) is 0 Å². The molecule has 0 unspecified atom stereocenters. The Balaban J connectivity index is -0.000000375. The maximum absolute atomic E-state index is 5.43. The second kappa shape index (κ2) is 17.3. The van der Waals surface area contributed by atoms with Crippen LogP contribution in [0.25, 0.3) is 0 Å². The molecule has 0 aliphatic rings. The van der Waals surface area contributed by atoms with Crippen LogP contribution in [0, 0.1) is 0 Å². The predicted molar refractivity (Wildman–Crippen MR) is 62.5 cm³/mol. The Bertz CT molecular complexity index is 128. The van der Waals surface area contributed by atoms with Crippen molar-refractivity contribution in [3.05, 3.63) is 0 Å². The summed E-state index contributed by atoms with van der Waals surface area (Å²) in [6, 6.07) is 0. The Labute approximate surface area is 133 Å². The smallest absolute Gasteiger partial charge is 1.00 e. The third kappa shape index (κ3) is 15.2. The predicted octanol–water partition coefficient (Wildman–Crippen LogP) is -2.68. The van der Waals surface area contributed by atoms with E-state index < -0.39 is 15.1 Å². The SMILES string of the molecule is COCC[O][Al]([O]CCOC)[O]CCOC.[H-].[HH].[Na+]. The van der Waals surface area contributed by atoms with E-state index >= 15 is 0 Å². The van der Waals surface area contributed by atoms with E-state index in [2.05, 4.69) is 0 Å². The first-order valence-electron chi connectivity index (χ1n) is 5.16. The van der Waals surface area contributed by atoms with Crippen molar-refractivity contribution in [2.24, 2.45) is 0 Å². The van der Waals surface area contributed by atoms with Crippen LogP contribution >= 0.6 is 0 Å². The van der Waals surface area contributed by atoms with Gasteiger partial charge in [-0.2, -0.15) is 0 Å². The van der Waals surface area contributed by atoms with Crippen molar-refractivity contribution in [1.82, 2.24) is 0 Å². The van der Waals surface area contributed by atoms with Gasteiger partial charge in [0.2, 0.25) is 0 Å². The molecule has 0 saturated carbocycles. The standard InChI is InChI=1S/3C3H7O2.Al.Na.H2.H/c3*1-5-3-2-4;;;;/h3*2-3H2,1H3;;;1H;/q3*-1;+3;+1;;-1. The van der Waals surface area contributed by atoms with Gasteiger partial charge in [-0.05, 0) is 0 Å². The summed E-state index contributed by atoms with van der Waals surface area (Å²) >= 11 is -2.07. The molecule has 0 aromatic heterocycles. The summed E-state index contributed by atoms with van der Waals surface area (Å²) < 4.78 is 30.9. The largest absolute Gasteiger partial charge is 1.00 e. The van der Waals surface area contributed by atoms with E-state index in [9.17, 15) is 0 Å². The molecule has 0 aromatic rings. The van der Waals surface area contributed by atoms with Gasteiger partial charge in [-0.25, -0.2) is 0 Å². The van der Waals surface area contributed by atoms with Crippen molar-refractivity contribution < 1.29 is 58.0 Å². The zero-order chi connectivity index (χ0) is 12.1. The van der Waals surface area contributed by atoms with E-state index in [0.717, 1.165) is 0 Å². The van der Waals surface area contributed by atoms with Crippen molar-refractivity contribution in [3.8, 4) is 0 Å². The summed E-state index contributed by atoms with van der Waals surface area (Å²) in [4.78, 5) is 0. The molecule has 0 heterocycles. The van der Waals surface area contributed by atoms with Gasteiger partial charge in [-0.15, -0.1) is 0 Å². The summed E-state index contributed by atoms with van der Waals surface area (Å²) in [5.74, 6) is 0. The molecule has 0 bridgehead atoms. The molecule has 0 amide bonds. The van der Waals surface area contributed by atoms with E-state index in [1.807, 2.05) is 0 Å². The van der Waals surface area contributed by atoms with Crippen LogP contribution in [0.4, 0.5) is 0 Å². The number of methoxy groups -OCH3 is 3. The van der Waals surface area contributed by atoms with Crippen molar-refractivity contribution >= 4 is 15.1 Å². The van der Waals surface area contributed by atoms with E-state index in [0.29, 0.717) is 39.6 Å². The first-order chi connectivity index (χ1) is 7.85. The van der Waals surface area contributed by atoms with E-state index in [4.69, 9.17) is 25.6 Å². The van der Waals surface area contributed by atoms with Crippen LogP contribution in [0.15, 0.2) is 0 Å². The minimum atomic E-state index is -2.07. The number of rotatable bonds is 12.